The monoisotopic (exact) mass is 295 g/mol. The lowest BCUT2D eigenvalue weighted by Crippen LogP contribution is -2.21. The summed E-state index contributed by atoms with van der Waals surface area (Å²) in [7, 11) is 1.72. The third kappa shape index (κ3) is 2.81. The molecule has 10 heteroatoms. The summed E-state index contributed by atoms with van der Waals surface area (Å²) in [5, 5.41) is 11.0. The molecule has 106 valence electrons. The van der Waals surface area contributed by atoms with Gasteiger partial charge in [-0.3, -0.25) is 15.5 Å². The SMILES string of the molecule is Cc1ncsc1CN(C)c1nc(NN)ncc1[N+](=O)[O-]. The van der Waals surface area contributed by atoms with Gasteiger partial charge in [-0.15, -0.1) is 11.3 Å². The van der Waals surface area contributed by atoms with Gasteiger partial charge in [0.05, 0.1) is 22.7 Å². The lowest BCUT2D eigenvalue weighted by Gasteiger charge is -2.17. The highest BCUT2D eigenvalue weighted by Crippen LogP contribution is 2.27. The van der Waals surface area contributed by atoms with Crippen LogP contribution in [-0.2, 0) is 6.54 Å². The quantitative estimate of drug-likeness (QED) is 0.477. The van der Waals surface area contributed by atoms with Crippen molar-refractivity contribution in [2.45, 2.75) is 13.5 Å². The molecular formula is C10H13N7O2S. The summed E-state index contributed by atoms with van der Waals surface area (Å²) >= 11 is 1.49. The molecule has 2 heterocycles. The molecule has 0 aliphatic carbocycles. The van der Waals surface area contributed by atoms with Gasteiger partial charge in [0.25, 0.3) is 0 Å². The van der Waals surface area contributed by atoms with E-state index in [0.717, 1.165) is 16.8 Å². The highest BCUT2D eigenvalue weighted by atomic mass is 32.1. The second-order valence-electron chi connectivity index (χ2n) is 4.02. The van der Waals surface area contributed by atoms with Gasteiger partial charge in [0, 0.05) is 11.9 Å². The van der Waals surface area contributed by atoms with Crippen LogP contribution in [0.25, 0.3) is 0 Å². The van der Waals surface area contributed by atoms with Crippen LogP contribution in [0.5, 0.6) is 0 Å². The van der Waals surface area contributed by atoms with Crippen molar-refractivity contribution in [3.8, 4) is 0 Å². The maximum Gasteiger partial charge on any atom is 0.329 e. The molecule has 2 aromatic rings. The van der Waals surface area contributed by atoms with Crippen LogP contribution in [0, 0.1) is 17.0 Å². The third-order valence-corrected chi connectivity index (χ3v) is 3.58. The fourth-order valence-electron chi connectivity index (χ4n) is 1.61. The average Bonchev–Trinajstić information content (AvgIpc) is 2.83. The average molecular weight is 295 g/mol. The number of aryl methyl sites for hydroxylation is 1. The fraction of sp³-hybridized carbons (Fsp3) is 0.300. The molecule has 20 heavy (non-hydrogen) atoms. The zero-order valence-corrected chi connectivity index (χ0v) is 11.7. The third-order valence-electron chi connectivity index (χ3n) is 2.66. The number of hydrogen-bond acceptors (Lipinski definition) is 9. The first-order valence-electron chi connectivity index (χ1n) is 5.61. The van der Waals surface area contributed by atoms with Crippen LogP contribution >= 0.6 is 11.3 Å². The van der Waals surface area contributed by atoms with E-state index in [2.05, 4.69) is 20.4 Å². The van der Waals surface area contributed by atoms with Gasteiger partial charge in [-0.25, -0.2) is 15.8 Å². The molecule has 2 rings (SSSR count). The summed E-state index contributed by atoms with van der Waals surface area (Å²) in [6.07, 6.45) is 1.13. The normalized spacial score (nSPS) is 10.3. The Morgan fingerprint density at radius 2 is 2.30 bits per heavy atom. The molecule has 0 fully saturated rings. The van der Waals surface area contributed by atoms with Gasteiger partial charge >= 0.3 is 5.69 Å². The molecule has 9 nitrogen and oxygen atoms in total. The predicted octanol–water partition coefficient (Wildman–Crippen LogP) is 1.07. The van der Waals surface area contributed by atoms with Gasteiger partial charge in [-0.05, 0) is 6.92 Å². The van der Waals surface area contributed by atoms with Crippen molar-refractivity contribution in [1.29, 1.82) is 0 Å². The Kier molecular flexibility index (Phi) is 4.05. The standard InChI is InChI=1S/C10H13N7O2S/c1-6-8(20-5-13-6)4-16(2)9-7(17(18)19)3-12-10(14-9)15-11/h3,5H,4,11H2,1-2H3,(H,12,14,15). The number of hydrogen-bond donors (Lipinski definition) is 2. The van der Waals surface area contributed by atoms with E-state index in [-0.39, 0.29) is 17.5 Å². The molecule has 2 aromatic heterocycles. The summed E-state index contributed by atoms with van der Waals surface area (Å²) in [6.45, 7) is 2.36. The summed E-state index contributed by atoms with van der Waals surface area (Å²) in [5.74, 6) is 5.56. The predicted molar refractivity (Wildman–Crippen MR) is 75.5 cm³/mol. The van der Waals surface area contributed by atoms with Crippen molar-refractivity contribution in [3.63, 3.8) is 0 Å². The maximum atomic E-state index is 11.0. The van der Waals surface area contributed by atoms with Crippen molar-refractivity contribution in [2.24, 2.45) is 5.84 Å². The Balaban J connectivity index is 2.34. The molecule has 0 atom stereocenters. The van der Waals surface area contributed by atoms with Crippen LogP contribution < -0.4 is 16.2 Å². The van der Waals surface area contributed by atoms with Crippen LogP contribution in [0.1, 0.15) is 10.6 Å². The molecule has 3 N–H and O–H groups in total. The number of nitro groups is 1. The number of nitrogens with zero attached hydrogens (tertiary/aromatic N) is 5. The fourth-order valence-corrected chi connectivity index (χ4v) is 2.44. The van der Waals surface area contributed by atoms with Crippen molar-refractivity contribution in [2.75, 3.05) is 17.4 Å². The number of nitrogen functional groups attached to an aromatic ring is 1. The van der Waals surface area contributed by atoms with Crippen LogP contribution in [-0.4, -0.2) is 26.9 Å². The zero-order chi connectivity index (χ0) is 14.7. The molecule has 0 saturated heterocycles. The van der Waals surface area contributed by atoms with Gasteiger partial charge < -0.3 is 4.90 Å². The Morgan fingerprint density at radius 3 is 2.85 bits per heavy atom. The highest BCUT2D eigenvalue weighted by molar-refractivity contribution is 7.09. The molecule has 0 bridgehead atoms. The molecule has 0 unspecified atom stereocenters. The molecule has 0 spiro atoms. The van der Waals surface area contributed by atoms with Crippen molar-refractivity contribution >= 4 is 28.8 Å². The molecule has 0 aromatic carbocycles. The number of rotatable bonds is 5. The minimum absolute atomic E-state index is 0.124. The van der Waals surface area contributed by atoms with Gasteiger partial charge in [0.1, 0.15) is 6.20 Å². The van der Waals surface area contributed by atoms with Crippen LogP contribution in [0.15, 0.2) is 11.7 Å². The second-order valence-corrected chi connectivity index (χ2v) is 4.96. The van der Waals surface area contributed by atoms with E-state index in [0.29, 0.717) is 6.54 Å². The minimum Gasteiger partial charge on any atom is -0.349 e. The highest BCUT2D eigenvalue weighted by Gasteiger charge is 2.21. The summed E-state index contributed by atoms with van der Waals surface area (Å²) in [5.41, 5.74) is 4.74. The number of aromatic nitrogens is 3. The van der Waals surface area contributed by atoms with E-state index in [1.54, 1.807) is 17.5 Å². The molecule has 0 aliphatic heterocycles. The first-order valence-corrected chi connectivity index (χ1v) is 6.49. The van der Waals surface area contributed by atoms with Crippen LogP contribution in [0.4, 0.5) is 17.5 Å². The lowest BCUT2D eigenvalue weighted by molar-refractivity contribution is -0.384. The van der Waals surface area contributed by atoms with Crippen LogP contribution in [0.3, 0.4) is 0 Å². The Labute approximate surface area is 118 Å². The lowest BCUT2D eigenvalue weighted by atomic mass is 10.3. The van der Waals surface area contributed by atoms with E-state index >= 15 is 0 Å². The minimum atomic E-state index is -0.522. The summed E-state index contributed by atoms with van der Waals surface area (Å²) < 4.78 is 0. The summed E-state index contributed by atoms with van der Waals surface area (Å²) in [6, 6.07) is 0. The first kappa shape index (κ1) is 14.1. The maximum absolute atomic E-state index is 11.0. The molecule has 0 saturated carbocycles. The number of nitrogens with two attached hydrogens (primary N) is 1. The molecule has 0 aliphatic rings. The summed E-state index contributed by atoms with van der Waals surface area (Å²) in [4.78, 5) is 25.1. The van der Waals surface area contributed by atoms with E-state index in [1.807, 2.05) is 6.92 Å². The van der Waals surface area contributed by atoms with Gasteiger partial charge in [0.2, 0.25) is 11.8 Å². The Morgan fingerprint density at radius 1 is 1.55 bits per heavy atom. The Bertz CT molecular complexity index is 630. The van der Waals surface area contributed by atoms with E-state index in [9.17, 15) is 10.1 Å². The number of hydrazine groups is 1. The zero-order valence-electron chi connectivity index (χ0n) is 10.9. The topological polar surface area (TPSA) is 123 Å². The first-order chi connectivity index (χ1) is 9.52. The molecule has 0 amide bonds. The van der Waals surface area contributed by atoms with Crippen molar-refractivity contribution in [3.05, 3.63) is 32.4 Å². The molecular weight excluding hydrogens is 282 g/mol. The van der Waals surface area contributed by atoms with Crippen molar-refractivity contribution in [1.82, 2.24) is 15.0 Å². The number of nitrogens with one attached hydrogen (secondary N) is 1. The van der Waals surface area contributed by atoms with Gasteiger partial charge in [-0.1, -0.05) is 0 Å². The Hall–Kier alpha value is -2.33. The van der Waals surface area contributed by atoms with Gasteiger partial charge in [-0.2, -0.15) is 4.98 Å². The van der Waals surface area contributed by atoms with E-state index < -0.39 is 4.92 Å². The largest absolute Gasteiger partial charge is 0.349 e. The molecule has 0 radical (unpaired) electrons. The smallest absolute Gasteiger partial charge is 0.329 e. The second kappa shape index (κ2) is 5.75. The van der Waals surface area contributed by atoms with Crippen molar-refractivity contribution < 1.29 is 4.92 Å². The number of anilines is 2. The van der Waals surface area contributed by atoms with E-state index in [4.69, 9.17) is 5.84 Å². The van der Waals surface area contributed by atoms with Gasteiger partial charge in [0.15, 0.2) is 0 Å². The van der Waals surface area contributed by atoms with E-state index in [1.165, 1.54) is 11.3 Å². The number of thiazole rings is 1. The van der Waals surface area contributed by atoms with Crippen LogP contribution in [0.2, 0.25) is 0 Å².